The summed E-state index contributed by atoms with van der Waals surface area (Å²) in [5.41, 5.74) is 0.626. The van der Waals surface area contributed by atoms with E-state index >= 15 is 0 Å². The fraction of sp³-hybridized carbons (Fsp3) is 0.556. The number of hydrogen-bond acceptors (Lipinski definition) is 4. The minimum Gasteiger partial charge on any atom is -0.497 e. The first-order valence-corrected chi connectivity index (χ1v) is 8.15. The largest absolute Gasteiger partial charge is 0.497 e. The van der Waals surface area contributed by atoms with Crippen LogP contribution >= 0.6 is 0 Å². The van der Waals surface area contributed by atoms with Crippen molar-refractivity contribution in [1.82, 2.24) is 5.32 Å². The third kappa shape index (κ3) is 6.10. The molecule has 0 radical (unpaired) electrons. The zero-order chi connectivity index (χ0) is 18.1. The van der Waals surface area contributed by atoms with Gasteiger partial charge in [-0.25, -0.2) is 0 Å². The van der Waals surface area contributed by atoms with E-state index in [0.29, 0.717) is 36.2 Å². The molecule has 0 aliphatic carbocycles. The Hall–Kier alpha value is -2.24. The third-order valence-corrected chi connectivity index (χ3v) is 3.66. The second kappa shape index (κ2) is 9.80. The van der Waals surface area contributed by atoms with Crippen LogP contribution in [0.1, 0.15) is 33.6 Å². The monoisotopic (exact) mass is 336 g/mol. The molecule has 6 nitrogen and oxygen atoms in total. The van der Waals surface area contributed by atoms with Crippen LogP contribution in [0.2, 0.25) is 0 Å². The second-order valence-corrected chi connectivity index (χ2v) is 5.99. The van der Waals surface area contributed by atoms with Gasteiger partial charge in [-0.3, -0.25) is 9.59 Å². The van der Waals surface area contributed by atoms with Crippen LogP contribution in [0, 0.1) is 5.92 Å². The minimum absolute atomic E-state index is 0.0608. The van der Waals surface area contributed by atoms with E-state index in [2.05, 4.69) is 19.2 Å². The van der Waals surface area contributed by atoms with Crippen molar-refractivity contribution in [1.29, 1.82) is 0 Å². The number of rotatable bonds is 9. The molecule has 0 aromatic heterocycles. The number of carbonyl (C=O) groups is 2. The number of nitrogens with zero attached hydrogens (tertiary/aromatic N) is 1. The highest BCUT2D eigenvalue weighted by molar-refractivity contribution is 5.94. The highest BCUT2D eigenvalue weighted by Gasteiger charge is 2.18. The van der Waals surface area contributed by atoms with Crippen LogP contribution in [0.4, 0.5) is 5.69 Å². The van der Waals surface area contributed by atoms with E-state index in [1.165, 1.54) is 14.0 Å². The van der Waals surface area contributed by atoms with E-state index in [0.717, 1.165) is 6.42 Å². The molecule has 0 atom stereocenters. The molecule has 134 valence electrons. The second-order valence-electron chi connectivity index (χ2n) is 5.99. The summed E-state index contributed by atoms with van der Waals surface area (Å²) in [6, 6.07) is 5.24. The molecule has 0 spiro atoms. The van der Waals surface area contributed by atoms with Crippen molar-refractivity contribution in [2.24, 2.45) is 5.92 Å². The van der Waals surface area contributed by atoms with Gasteiger partial charge in [0.1, 0.15) is 11.5 Å². The maximum absolute atomic E-state index is 12.0. The van der Waals surface area contributed by atoms with Gasteiger partial charge < -0.3 is 19.7 Å². The lowest BCUT2D eigenvalue weighted by atomic mass is 10.1. The maximum Gasteiger partial charge on any atom is 0.223 e. The highest BCUT2D eigenvalue weighted by Crippen LogP contribution is 2.32. The average molecular weight is 336 g/mol. The first-order valence-electron chi connectivity index (χ1n) is 8.15. The van der Waals surface area contributed by atoms with Gasteiger partial charge in [-0.2, -0.15) is 0 Å². The fourth-order valence-corrected chi connectivity index (χ4v) is 2.26. The average Bonchev–Trinajstić information content (AvgIpc) is 2.54. The molecule has 0 aliphatic rings. The Morgan fingerprint density at radius 1 is 1.21 bits per heavy atom. The zero-order valence-corrected chi connectivity index (χ0v) is 15.2. The van der Waals surface area contributed by atoms with Crippen LogP contribution < -0.4 is 19.7 Å². The molecular formula is C18H28N2O4. The van der Waals surface area contributed by atoms with Gasteiger partial charge in [0.05, 0.1) is 19.9 Å². The maximum atomic E-state index is 12.0. The molecule has 1 rings (SSSR count). The van der Waals surface area contributed by atoms with Gasteiger partial charge in [-0.05, 0) is 24.5 Å². The Kier molecular flexibility index (Phi) is 8.09. The van der Waals surface area contributed by atoms with E-state index in [1.54, 1.807) is 30.2 Å². The molecule has 0 saturated heterocycles. The van der Waals surface area contributed by atoms with Gasteiger partial charge in [-0.15, -0.1) is 0 Å². The van der Waals surface area contributed by atoms with E-state index in [4.69, 9.17) is 9.47 Å². The Bertz CT molecular complexity index is 558. The summed E-state index contributed by atoms with van der Waals surface area (Å²) in [5.74, 6) is 1.51. The molecule has 1 aromatic carbocycles. The topological polar surface area (TPSA) is 67.9 Å². The van der Waals surface area contributed by atoms with Crippen molar-refractivity contribution in [3.63, 3.8) is 0 Å². The summed E-state index contributed by atoms with van der Waals surface area (Å²) in [6.45, 7) is 6.65. The predicted molar refractivity (Wildman–Crippen MR) is 94.7 cm³/mol. The lowest BCUT2D eigenvalue weighted by molar-refractivity contribution is -0.121. The number of anilines is 1. The normalized spacial score (nSPS) is 10.4. The molecule has 2 amide bonds. The van der Waals surface area contributed by atoms with Crippen LogP contribution in [-0.2, 0) is 9.59 Å². The fourth-order valence-electron chi connectivity index (χ4n) is 2.26. The quantitative estimate of drug-likeness (QED) is 0.753. The summed E-state index contributed by atoms with van der Waals surface area (Å²) in [7, 11) is 3.11. The number of nitrogens with one attached hydrogen (secondary N) is 1. The molecule has 24 heavy (non-hydrogen) atoms. The summed E-state index contributed by atoms with van der Waals surface area (Å²) in [6.07, 6.45) is 1.18. The van der Waals surface area contributed by atoms with E-state index in [9.17, 15) is 9.59 Å². The Balaban J connectivity index is 2.74. The van der Waals surface area contributed by atoms with Gasteiger partial charge in [0.15, 0.2) is 0 Å². The van der Waals surface area contributed by atoms with Gasteiger partial charge in [0.2, 0.25) is 11.8 Å². The van der Waals surface area contributed by atoms with Crippen LogP contribution in [0.15, 0.2) is 18.2 Å². The Morgan fingerprint density at radius 2 is 1.92 bits per heavy atom. The van der Waals surface area contributed by atoms with Crippen molar-refractivity contribution in [3.8, 4) is 11.5 Å². The van der Waals surface area contributed by atoms with Crippen molar-refractivity contribution in [2.75, 3.05) is 32.2 Å². The van der Waals surface area contributed by atoms with Crippen LogP contribution in [0.25, 0.3) is 0 Å². The summed E-state index contributed by atoms with van der Waals surface area (Å²) < 4.78 is 10.5. The Labute approximate surface area is 144 Å². The molecule has 0 unspecified atom stereocenters. The number of amides is 2. The molecule has 6 heteroatoms. The number of carbonyl (C=O) groups excluding carboxylic acids is 2. The predicted octanol–water partition coefficient (Wildman–Crippen LogP) is 2.61. The summed E-state index contributed by atoms with van der Waals surface area (Å²) >= 11 is 0. The summed E-state index contributed by atoms with van der Waals surface area (Å²) in [4.78, 5) is 25.5. The summed E-state index contributed by atoms with van der Waals surface area (Å²) in [5, 5.41) is 2.88. The lowest BCUT2D eigenvalue weighted by Crippen LogP contribution is -2.34. The highest BCUT2D eigenvalue weighted by atomic mass is 16.5. The number of benzene rings is 1. The van der Waals surface area contributed by atoms with E-state index in [1.807, 2.05) is 0 Å². The number of ether oxygens (including phenoxy) is 2. The first-order chi connectivity index (χ1) is 11.4. The van der Waals surface area contributed by atoms with Crippen LogP contribution in [0.3, 0.4) is 0 Å². The van der Waals surface area contributed by atoms with Gasteiger partial charge in [0, 0.05) is 32.5 Å². The molecule has 0 heterocycles. The number of hydrogen-bond donors (Lipinski definition) is 1. The lowest BCUT2D eigenvalue weighted by Gasteiger charge is -2.23. The van der Waals surface area contributed by atoms with E-state index in [-0.39, 0.29) is 18.2 Å². The van der Waals surface area contributed by atoms with Gasteiger partial charge >= 0.3 is 0 Å². The van der Waals surface area contributed by atoms with Crippen molar-refractivity contribution >= 4 is 17.5 Å². The molecule has 0 saturated carbocycles. The Morgan fingerprint density at radius 3 is 2.46 bits per heavy atom. The van der Waals surface area contributed by atoms with Crippen molar-refractivity contribution in [3.05, 3.63) is 18.2 Å². The first kappa shape index (κ1) is 19.8. The van der Waals surface area contributed by atoms with Crippen molar-refractivity contribution in [2.45, 2.75) is 33.6 Å². The van der Waals surface area contributed by atoms with Crippen LogP contribution in [0.5, 0.6) is 11.5 Å². The molecule has 1 N–H and O–H groups in total. The minimum atomic E-state index is -0.145. The molecule has 0 bridgehead atoms. The smallest absolute Gasteiger partial charge is 0.223 e. The van der Waals surface area contributed by atoms with Crippen molar-refractivity contribution < 1.29 is 19.1 Å². The van der Waals surface area contributed by atoms with Gasteiger partial charge in [-0.1, -0.05) is 13.8 Å². The standard InChI is InChI=1S/C18H28N2O4/c1-13(2)8-10-19-18(22)9-11-20(14(3)21)16-7-6-15(23-4)12-17(16)24-5/h6-7,12-13H,8-11H2,1-5H3,(H,19,22). The molecule has 0 aliphatic heterocycles. The SMILES string of the molecule is COc1ccc(N(CCC(=O)NCCC(C)C)C(C)=O)c(OC)c1. The van der Waals surface area contributed by atoms with Crippen LogP contribution in [-0.4, -0.2) is 39.1 Å². The zero-order valence-electron chi connectivity index (χ0n) is 15.2. The van der Waals surface area contributed by atoms with Gasteiger partial charge in [0.25, 0.3) is 0 Å². The van der Waals surface area contributed by atoms with E-state index < -0.39 is 0 Å². The number of methoxy groups -OCH3 is 2. The molecule has 0 fully saturated rings. The molecule has 1 aromatic rings. The third-order valence-electron chi connectivity index (χ3n) is 3.66. The molecular weight excluding hydrogens is 308 g/mol.